The van der Waals surface area contributed by atoms with Crippen molar-refractivity contribution in [2.75, 3.05) is 38.4 Å². The Balaban J connectivity index is 2.29. The van der Waals surface area contributed by atoms with Gasteiger partial charge in [-0.25, -0.2) is 18.4 Å². The highest BCUT2D eigenvalue weighted by Gasteiger charge is 2.33. The van der Waals surface area contributed by atoms with Crippen LogP contribution in [0.2, 0.25) is 0 Å². The molecule has 1 aromatic heterocycles. The maximum absolute atomic E-state index is 14.5. The maximum Gasteiger partial charge on any atom is 0.414 e. The lowest BCUT2D eigenvalue weighted by Gasteiger charge is -2.22. The number of hydrogen-bond donors (Lipinski definition) is 1. The first-order valence-corrected chi connectivity index (χ1v) is 11.6. The Morgan fingerprint density at radius 1 is 1.00 bits per heavy atom. The van der Waals surface area contributed by atoms with E-state index in [2.05, 4.69) is 0 Å². The summed E-state index contributed by atoms with van der Waals surface area (Å²) in [5.41, 5.74) is 7.60. The first kappa shape index (κ1) is 26.1. The molecular weight excluding hydrogens is 476 g/mol. The zero-order valence-electron chi connectivity index (χ0n) is 19.9. The van der Waals surface area contributed by atoms with Crippen molar-refractivity contribution in [1.82, 2.24) is 4.90 Å². The number of carbonyl (C=O) groups excluding carboxylic acids is 2. The van der Waals surface area contributed by atoms with Gasteiger partial charge in [-0.2, -0.15) is 0 Å². The summed E-state index contributed by atoms with van der Waals surface area (Å²) in [4.78, 5) is 29.7. The van der Waals surface area contributed by atoms with E-state index in [0.29, 0.717) is 22.7 Å². The van der Waals surface area contributed by atoms with Gasteiger partial charge in [-0.3, -0.25) is 4.90 Å². The number of rotatable bonds is 8. The van der Waals surface area contributed by atoms with Crippen LogP contribution in [0.5, 0.6) is 0 Å². The minimum atomic E-state index is -0.875. The highest BCUT2D eigenvalue weighted by Crippen LogP contribution is 2.44. The number of esters is 1. The Bertz CT molecular complexity index is 1190. The molecule has 3 aromatic rings. The van der Waals surface area contributed by atoms with E-state index in [1.54, 1.807) is 31.2 Å². The predicted octanol–water partition coefficient (Wildman–Crippen LogP) is 5.29. The molecule has 0 fully saturated rings. The predicted molar refractivity (Wildman–Crippen MR) is 132 cm³/mol. The number of hydrogen-bond acceptors (Lipinski definition) is 7. The number of amides is 1. The molecule has 0 unspecified atom stereocenters. The summed E-state index contributed by atoms with van der Waals surface area (Å²) in [5, 5.41) is 0.168. The lowest BCUT2D eigenvalue weighted by molar-refractivity contribution is 0.0526. The number of nitrogens with two attached hydrogens (primary N) is 1. The second kappa shape index (κ2) is 11.3. The average molecular weight is 504 g/mol. The third kappa shape index (κ3) is 5.77. The Kier molecular flexibility index (Phi) is 8.42. The van der Waals surface area contributed by atoms with E-state index in [4.69, 9.17) is 15.2 Å². The summed E-state index contributed by atoms with van der Waals surface area (Å²) in [6.07, 6.45) is -0.875. The summed E-state index contributed by atoms with van der Waals surface area (Å²) < 4.78 is 39.3. The molecule has 35 heavy (non-hydrogen) atoms. The van der Waals surface area contributed by atoms with Crippen LogP contribution in [0.25, 0.3) is 10.4 Å². The first-order valence-electron chi connectivity index (χ1n) is 10.8. The van der Waals surface area contributed by atoms with Crippen molar-refractivity contribution in [3.05, 3.63) is 70.8 Å². The maximum atomic E-state index is 14.5. The Labute approximate surface area is 206 Å². The van der Waals surface area contributed by atoms with E-state index < -0.39 is 30.2 Å². The van der Waals surface area contributed by atoms with Gasteiger partial charge < -0.3 is 20.1 Å². The van der Waals surface area contributed by atoms with Gasteiger partial charge in [0.05, 0.1) is 25.8 Å². The van der Waals surface area contributed by atoms with Crippen molar-refractivity contribution < 1.29 is 27.8 Å². The summed E-state index contributed by atoms with van der Waals surface area (Å²) >= 11 is 1.14. The van der Waals surface area contributed by atoms with Crippen LogP contribution in [0.4, 0.5) is 24.3 Å². The van der Waals surface area contributed by atoms with E-state index in [1.165, 1.54) is 6.07 Å². The topological polar surface area (TPSA) is 85.1 Å². The number of nitrogens with zero attached hydrogens (tertiary/aromatic N) is 2. The van der Waals surface area contributed by atoms with Crippen molar-refractivity contribution in [1.29, 1.82) is 0 Å². The zero-order valence-corrected chi connectivity index (χ0v) is 20.7. The minimum Gasteiger partial charge on any atom is -0.462 e. The van der Waals surface area contributed by atoms with Crippen LogP contribution in [-0.2, 0) is 22.6 Å². The average Bonchev–Trinajstić information content (AvgIpc) is 3.17. The van der Waals surface area contributed by atoms with Crippen LogP contribution in [-0.4, -0.2) is 44.8 Å². The van der Waals surface area contributed by atoms with Gasteiger partial charge in [-0.15, -0.1) is 11.3 Å². The van der Waals surface area contributed by atoms with Crippen molar-refractivity contribution in [3.8, 4) is 10.4 Å². The van der Waals surface area contributed by atoms with Crippen LogP contribution < -0.4 is 10.6 Å². The van der Waals surface area contributed by atoms with Crippen molar-refractivity contribution in [2.24, 2.45) is 0 Å². The fourth-order valence-electron chi connectivity index (χ4n) is 3.56. The van der Waals surface area contributed by atoms with Gasteiger partial charge in [-0.05, 0) is 50.8 Å². The molecule has 0 bridgehead atoms. The summed E-state index contributed by atoms with van der Waals surface area (Å²) in [6.45, 7) is 1.63. The van der Waals surface area contributed by atoms with E-state index >= 15 is 0 Å². The van der Waals surface area contributed by atoms with E-state index in [-0.39, 0.29) is 22.7 Å². The molecule has 0 aliphatic rings. The van der Waals surface area contributed by atoms with Crippen LogP contribution >= 0.6 is 11.3 Å². The molecule has 0 aliphatic carbocycles. The highest BCUT2D eigenvalue weighted by molar-refractivity contribution is 7.20. The Morgan fingerprint density at radius 3 is 2.17 bits per heavy atom. The van der Waals surface area contributed by atoms with Gasteiger partial charge in [0, 0.05) is 28.2 Å². The van der Waals surface area contributed by atoms with Gasteiger partial charge in [0.25, 0.3) is 0 Å². The Morgan fingerprint density at radius 2 is 1.63 bits per heavy atom. The highest BCUT2D eigenvalue weighted by atomic mass is 32.1. The SMILES string of the molecule is CCOC(=O)c1c(N(Cc2c(F)cccc2F)C(=O)OC)sc(-c2ccc(N)cc2)c1CN(C)C. The smallest absolute Gasteiger partial charge is 0.414 e. The van der Waals surface area contributed by atoms with E-state index in [9.17, 15) is 18.4 Å². The fraction of sp³-hybridized carbons (Fsp3) is 0.280. The van der Waals surface area contributed by atoms with Crippen LogP contribution in [0.1, 0.15) is 28.4 Å². The van der Waals surface area contributed by atoms with E-state index in [0.717, 1.165) is 41.0 Å². The van der Waals surface area contributed by atoms with E-state index in [1.807, 2.05) is 19.0 Å². The molecule has 186 valence electrons. The third-order valence-electron chi connectivity index (χ3n) is 5.13. The molecule has 3 rings (SSSR count). The second-order valence-corrected chi connectivity index (χ2v) is 8.93. The number of halogens is 2. The van der Waals surface area contributed by atoms with Crippen molar-refractivity contribution in [3.63, 3.8) is 0 Å². The number of thiophene rings is 1. The number of ether oxygens (including phenoxy) is 2. The number of benzene rings is 2. The molecule has 0 spiro atoms. The number of anilines is 2. The van der Waals surface area contributed by atoms with Gasteiger partial charge in [0.1, 0.15) is 16.6 Å². The number of methoxy groups -OCH3 is 1. The number of carbonyl (C=O) groups is 2. The molecule has 0 saturated heterocycles. The molecule has 1 amide bonds. The summed E-state index contributed by atoms with van der Waals surface area (Å²) in [5.74, 6) is -2.29. The molecule has 7 nitrogen and oxygen atoms in total. The molecule has 10 heteroatoms. The van der Waals surface area contributed by atoms with Crippen molar-refractivity contribution >= 4 is 34.1 Å². The molecule has 0 radical (unpaired) electrons. The lowest BCUT2D eigenvalue weighted by atomic mass is 10.0. The van der Waals surface area contributed by atoms with Gasteiger partial charge in [0.15, 0.2) is 0 Å². The molecule has 0 atom stereocenters. The van der Waals surface area contributed by atoms with Crippen LogP contribution in [0, 0.1) is 11.6 Å². The zero-order chi connectivity index (χ0) is 25.7. The van der Waals surface area contributed by atoms with Gasteiger partial charge in [0.2, 0.25) is 0 Å². The normalized spacial score (nSPS) is 10.9. The Hall–Kier alpha value is -3.50. The van der Waals surface area contributed by atoms with Gasteiger partial charge >= 0.3 is 12.1 Å². The standard InChI is InChI=1S/C25H27F2N3O4S/c1-5-34-24(31)21-18(13-29(2)3)22(15-9-11-16(28)12-10-15)35-23(21)30(25(32)33-4)14-17-19(26)7-6-8-20(17)27/h6-12H,5,13-14,28H2,1-4H3. The first-order chi connectivity index (χ1) is 16.7. The molecule has 2 N–H and O–H groups in total. The number of nitrogen functional groups attached to an aromatic ring is 1. The molecule has 0 aliphatic heterocycles. The largest absolute Gasteiger partial charge is 0.462 e. The minimum absolute atomic E-state index is 0.104. The van der Waals surface area contributed by atoms with Crippen LogP contribution in [0.3, 0.4) is 0 Å². The lowest BCUT2D eigenvalue weighted by Crippen LogP contribution is -2.32. The molecule has 2 aromatic carbocycles. The monoisotopic (exact) mass is 503 g/mol. The summed E-state index contributed by atoms with van der Waals surface area (Å²) in [7, 11) is 4.84. The quantitative estimate of drug-likeness (QED) is 0.332. The fourth-order valence-corrected chi connectivity index (χ4v) is 4.86. The molecule has 0 saturated carbocycles. The molecule has 1 heterocycles. The summed E-state index contributed by atoms with van der Waals surface area (Å²) in [6, 6.07) is 10.5. The second-order valence-electron chi connectivity index (χ2n) is 7.93. The molecular formula is C25H27F2N3O4S. The van der Waals surface area contributed by atoms with Gasteiger partial charge in [-0.1, -0.05) is 18.2 Å². The third-order valence-corrected chi connectivity index (χ3v) is 6.44. The van der Waals surface area contributed by atoms with Crippen LogP contribution in [0.15, 0.2) is 42.5 Å². The van der Waals surface area contributed by atoms with Crippen molar-refractivity contribution in [2.45, 2.75) is 20.0 Å².